The summed E-state index contributed by atoms with van der Waals surface area (Å²) in [6, 6.07) is 0. The van der Waals surface area contributed by atoms with Gasteiger partial charge in [0, 0.05) is 0 Å². The predicted octanol–water partition coefficient (Wildman–Crippen LogP) is -2.79. The number of nitrogens with zero attached hydrogens (tertiary/aromatic N) is 1. The van der Waals surface area contributed by atoms with Crippen LogP contribution in [0.4, 0.5) is 0 Å². The zero-order valence-electron chi connectivity index (χ0n) is 9.99. The van der Waals surface area contributed by atoms with Crippen LogP contribution in [0.3, 0.4) is 0 Å². The fraction of sp³-hybridized carbons (Fsp3) is 1.00. The van der Waals surface area contributed by atoms with E-state index in [2.05, 4.69) is 14.1 Å². The fourth-order valence-electron chi connectivity index (χ4n) is 1.77. The monoisotopic (exact) mass is 283 g/mol. The second-order valence-electron chi connectivity index (χ2n) is 5.02. The number of likely N-dealkylation sites (N-methyl/N-ethyl adjacent to an activating group) is 1. The number of ether oxygens (including phenoxy) is 2. The zero-order chi connectivity index (χ0) is 10.8. The van der Waals surface area contributed by atoms with E-state index in [0.717, 1.165) is 17.6 Å². The van der Waals surface area contributed by atoms with E-state index in [1.807, 2.05) is 13.8 Å². The van der Waals surface area contributed by atoms with Gasteiger partial charge in [0.25, 0.3) is 0 Å². The first kappa shape index (κ1) is 15.3. The fourth-order valence-corrected chi connectivity index (χ4v) is 1.77. The molecule has 1 heterocycles. The smallest absolute Gasteiger partial charge is 0.163 e. The van der Waals surface area contributed by atoms with Gasteiger partial charge < -0.3 is 36.0 Å². The van der Waals surface area contributed by atoms with Crippen LogP contribution in [0, 0.1) is 0 Å². The van der Waals surface area contributed by atoms with Crippen molar-refractivity contribution >= 4 is 0 Å². The van der Waals surface area contributed by atoms with Crippen molar-refractivity contribution in [1.29, 1.82) is 0 Å². The average Bonchev–Trinajstić information content (AvgIpc) is 2.28. The van der Waals surface area contributed by atoms with E-state index in [1.165, 1.54) is 0 Å². The van der Waals surface area contributed by atoms with E-state index in [1.54, 1.807) is 0 Å². The number of aliphatic hydroxyl groups is 1. The number of hydrogen-bond donors (Lipinski definition) is 1. The second-order valence-corrected chi connectivity index (χ2v) is 5.02. The summed E-state index contributed by atoms with van der Waals surface area (Å²) in [4.78, 5) is 0. The maximum Gasteiger partial charge on any atom is 0.163 e. The highest BCUT2D eigenvalue weighted by Gasteiger charge is 2.36. The molecule has 0 spiro atoms. The van der Waals surface area contributed by atoms with Gasteiger partial charge in [-0.15, -0.1) is 0 Å². The number of quaternary nitrogens is 1. The Morgan fingerprint density at radius 3 is 2.40 bits per heavy atom. The van der Waals surface area contributed by atoms with E-state index in [4.69, 9.17) is 14.6 Å². The first-order valence-electron chi connectivity index (χ1n) is 5.09. The highest BCUT2D eigenvalue weighted by Crippen LogP contribution is 2.23. The van der Waals surface area contributed by atoms with Crippen LogP contribution in [0.5, 0.6) is 0 Å². The molecular formula is C10H22BrNO3. The van der Waals surface area contributed by atoms with Gasteiger partial charge in [-0.05, 0) is 13.8 Å². The van der Waals surface area contributed by atoms with Crippen molar-refractivity contribution in [2.24, 2.45) is 0 Å². The lowest BCUT2D eigenvalue weighted by atomic mass is 10.3. The molecule has 5 heteroatoms. The summed E-state index contributed by atoms with van der Waals surface area (Å²) in [5.74, 6) is -0.441. The van der Waals surface area contributed by atoms with Crippen molar-refractivity contribution in [3.63, 3.8) is 0 Å². The van der Waals surface area contributed by atoms with Crippen molar-refractivity contribution in [3.8, 4) is 0 Å². The lowest BCUT2D eigenvalue weighted by Crippen LogP contribution is -3.00. The molecule has 1 saturated heterocycles. The third kappa shape index (κ3) is 5.26. The quantitative estimate of drug-likeness (QED) is 0.567. The Bertz CT molecular complexity index is 197. The Kier molecular flexibility index (Phi) is 5.71. The minimum atomic E-state index is -0.441. The molecule has 0 bridgehead atoms. The molecule has 15 heavy (non-hydrogen) atoms. The van der Waals surface area contributed by atoms with E-state index in [9.17, 15) is 0 Å². The molecule has 0 saturated carbocycles. The van der Waals surface area contributed by atoms with Crippen molar-refractivity contribution in [1.82, 2.24) is 0 Å². The molecule has 1 unspecified atom stereocenters. The number of aliphatic hydroxyl groups excluding tert-OH is 1. The minimum absolute atomic E-state index is 0. The van der Waals surface area contributed by atoms with E-state index >= 15 is 0 Å². The van der Waals surface area contributed by atoms with Gasteiger partial charge in [-0.3, -0.25) is 0 Å². The Morgan fingerprint density at radius 1 is 1.40 bits per heavy atom. The topological polar surface area (TPSA) is 38.7 Å². The summed E-state index contributed by atoms with van der Waals surface area (Å²) < 4.78 is 12.0. The van der Waals surface area contributed by atoms with Crippen molar-refractivity contribution in [2.45, 2.75) is 25.7 Å². The third-order valence-corrected chi connectivity index (χ3v) is 2.47. The maximum atomic E-state index is 8.89. The lowest BCUT2D eigenvalue weighted by molar-refractivity contribution is -0.893. The summed E-state index contributed by atoms with van der Waals surface area (Å²) in [5, 5.41) is 8.89. The van der Waals surface area contributed by atoms with Gasteiger partial charge in [0.15, 0.2) is 5.79 Å². The largest absolute Gasteiger partial charge is 1.00 e. The first-order chi connectivity index (χ1) is 6.35. The van der Waals surface area contributed by atoms with Gasteiger partial charge in [-0.1, -0.05) is 0 Å². The van der Waals surface area contributed by atoms with Crippen molar-refractivity contribution in [2.75, 3.05) is 40.4 Å². The molecule has 1 rings (SSSR count). The minimum Gasteiger partial charge on any atom is -1.00 e. The molecule has 0 radical (unpaired) electrons. The van der Waals surface area contributed by atoms with Crippen LogP contribution in [0.1, 0.15) is 13.8 Å². The molecular weight excluding hydrogens is 262 g/mol. The van der Waals surface area contributed by atoms with Crippen LogP contribution < -0.4 is 17.0 Å². The predicted molar refractivity (Wildman–Crippen MR) is 53.8 cm³/mol. The van der Waals surface area contributed by atoms with Crippen molar-refractivity contribution in [3.05, 3.63) is 0 Å². The number of rotatable bonds is 4. The standard InChI is InChI=1S/C10H22NO3.BrH/c1-10(2)13-8-9(14-10)7-11(3,4)5-6-12;/h9,12H,5-8H2,1-4H3;1H/q+1;/p-1. The maximum absolute atomic E-state index is 8.89. The number of halogens is 1. The van der Waals surface area contributed by atoms with Crippen LogP contribution in [0.15, 0.2) is 0 Å². The summed E-state index contributed by atoms with van der Waals surface area (Å²) in [6.45, 7) is 6.35. The zero-order valence-corrected chi connectivity index (χ0v) is 11.6. The molecule has 1 fully saturated rings. The van der Waals surface area contributed by atoms with Gasteiger partial charge >= 0.3 is 0 Å². The molecule has 1 aliphatic heterocycles. The van der Waals surface area contributed by atoms with Gasteiger partial charge in [0.2, 0.25) is 0 Å². The Morgan fingerprint density at radius 2 is 2.00 bits per heavy atom. The average molecular weight is 284 g/mol. The second kappa shape index (κ2) is 5.59. The van der Waals surface area contributed by atoms with Crippen LogP contribution in [0.2, 0.25) is 0 Å². The molecule has 92 valence electrons. The van der Waals surface area contributed by atoms with E-state index in [-0.39, 0.29) is 29.7 Å². The molecule has 1 atom stereocenters. The third-order valence-electron chi connectivity index (χ3n) is 2.47. The molecule has 1 N–H and O–H groups in total. The van der Waals surface area contributed by atoms with Crippen molar-refractivity contribution < 1.29 is 36.0 Å². The molecule has 0 amide bonds. The van der Waals surface area contributed by atoms with Crippen LogP contribution in [-0.4, -0.2) is 61.9 Å². The molecule has 0 aliphatic carbocycles. The summed E-state index contributed by atoms with van der Waals surface area (Å²) in [7, 11) is 4.18. The molecule has 0 aromatic heterocycles. The molecule has 4 nitrogen and oxygen atoms in total. The Hall–Kier alpha value is 0.320. The Balaban J connectivity index is 0.00000196. The first-order valence-corrected chi connectivity index (χ1v) is 5.09. The summed E-state index contributed by atoms with van der Waals surface area (Å²) >= 11 is 0. The van der Waals surface area contributed by atoms with Crippen LogP contribution in [0.25, 0.3) is 0 Å². The lowest BCUT2D eigenvalue weighted by Gasteiger charge is -2.31. The highest BCUT2D eigenvalue weighted by molar-refractivity contribution is 4.70. The van der Waals surface area contributed by atoms with Crippen LogP contribution >= 0.6 is 0 Å². The SMILES string of the molecule is CC1(C)OCC(C[N+](C)(C)CCO)O1.[Br-]. The van der Waals surface area contributed by atoms with Crippen LogP contribution in [-0.2, 0) is 9.47 Å². The van der Waals surface area contributed by atoms with Gasteiger partial charge in [0.05, 0.1) is 27.3 Å². The Labute approximate surface area is 103 Å². The molecule has 1 aliphatic rings. The molecule has 0 aromatic rings. The molecule has 0 aromatic carbocycles. The van der Waals surface area contributed by atoms with Gasteiger partial charge in [0.1, 0.15) is 19.2 Å². The van der Waals surface area contributed by atoms with E-state index in [0.29, 0.717) is 6.61 Å². The summed E-state index contributed by atoms with van der Waals surface area (Å²) in [6.07, 6.45) is 0.145. The normalized spacial score (nSPS) is 25.0. The van der Waals surface area contributed by atoms with Gasteiger partial charge in [-0.2, -0.15) is 0 Å². The van der Waals surface area contributed by atoms with E-state index < -0.39 is 5.79 Å². The number of hydrogen-bond acceptors (Lipinski definition) is 3. The highest BCUT2D eigenvalue weighted by atomic mass is 79.9. The van der Waals surface area contributed by atoms with Gasteiger partial charge in [-0.25, -0.2) is 0 Å². The summed E-state index contributed by atoms with van der Waals surface area (Å²) in [5.41, 5.74) is 0.